The van der Waals surface area contributed by atoms with Crippen molar-refractivity contribution in [3.63, 3.8) is 0 Å². The first kappa shape index (κ1) is 14.2. The number of likely N-dealkylation sites (tertiary alicyclic amines) is 1. The van der Waals surface area contributed by atoms with Gasteiger partial charge < -0.3 is 5.32 Å². The molecule has 1 amide bonds. The fourth-order valence-electron chi connectivity index (χ4n) is 1.95. The summed E-state index contributed by atoms with van der Waals surface area (Å²) in [6.45, 7) is 9.85. The molecule has 0 saturated carbocycles. The summed E-state index contributed by atoms with van der Waals surface area (Å²) in [5.41, 5.74) is -0.145. The number of ketones is 1. The molecule has 1 heterocycles. The highest BCUT2D eigenvalue weighted by Gasteiger charge is 2.26. The Morgan fingerprint density at radius 1 is 1.53 bits per heavy atom. The Hall–Kier alpha value is -0.900. The number of rotatable bonds is 4. The zero-order chi connectivity index (χ0) is 13.1. The number of hydrogen-bond donors (Lipinski definition) is 1. The van der Waals surface area contributed by atoms with Gasteiger partial charge >= 0.3 is 0 Å². The van der Waals surface area contributed by atoms with E-state index < -0.39 is 0 Å². The average Bonchev–Trinajstić information content (AvgIpc) is 2.23. The van der Waals surface area contributed by atoms with Crippen LogP contribution >= 0.6 is 0 Å². The Labute approximate surface area is 104 Å². The molecule has 0 spiro atoms. The van der Waals surface area contributed by atoms with Gasteiger partial charge in [0, 0.05) is 31.0 Å². The van der Waals surface area contributed by atoms with Gasteiger partial charge in [0.05, 0.1) is 6.54 Å². The summed E-state index contributed by atoms with van der Waals surface area (Å²) in [6, 6.07) is 0. The molecule has 1 unspecified atom stereocenters. The quantitative estimate of drug-likeness (QED) is 0.803. The molecule has 1 atom stereocenters. The predicted molar refractivity (Wildman–Crippen MR) is 67.7 cm³/mol. The Morgan fingerprint density at radius 2 is 2.18 bits per heavy atom. The Morgan fingerprint density at radius 3 is 2.71 bits per heavy atom. The summed E-state index contributed by atoms with van der Waals surface area (Å²) < 4.78 is 0. The predicted octanol–water partition coefficient (Wildman–Crippen LogP) is 1.20. The van der Waals surface area contributed by atoms with Crippen molar-refractivity contribution in [1.82, 2.24) is 10.2 Å². The summed E-state index contributed by atoms with van der Waals surface area (Å²) in [4.78, 5) is 25.3. The summed E-state index contributed by atoms with van der Waals surface area (Å²) in [7, 11) is 0. The van der Waals surface area contributed by atoms with E-state index in [1.54, 1.807) is 0 Å². The molecular formula is C13H24N2O2. The molecule has 17 heavy (non-hydrogen) atoms. The van der Waals surface area contributed by atoms with Crippen LogP contribution in [0.3, 0.4) is 0 Å². The number of nitrogens with one attached hydrogen (secondary N) is 1. The first-order chi connectivity index (χ1) is 7.84. The molecule has 1 aliphatic heterocycles. The minimum absolute atomic E-state index is 0.0541. The fourth-order valence-corrected chi connectivity index (χ4v) is 1.95. The van der Waals surface area contributed by atoms with Crippen molar-refractivity contribution in [1.29, 1.82) is 0 Å². The third-order valence-electron chi connectivity index (χ3n) is 3.49. The zero-order valence-corrected chi connectivity index (χ0v) is 11.4. The lowest BCUT2D eigenvalue weighted by Gasteiger charge is -2.31. The number of piperidine rings is 1. The number of carbonyl (C=O) groups excluding carboxylic acids is 2. The van der Waals surface area contributed by atoms with E-state index in [9.17, 15) is 9.59 Å². The molecule has 1 aliphatic rings. The highest BCUT2D eigenvalue weighted by molar-refractivity contribution is 5.82. The molecule has 1 N–H and O–H groups in total. The molecule has 98 valence electrons. The van der Waals surface area contributed by atoms with Gasteiger partial charge in [-0.25, -0.2) is 0 Å². The van der Waals surface area contributed by atoms with Crippen LogP contribution in [-0.4, -0.2) is 41.8 Å². The van der Waals surface area contributed by atoms with Crippen LogP contribution in [0.1, 0.15) is 40.5 Å². The molecule has 4 heteroatoms. The van der Waals surface area contributed by atoms with E-state index in [1.807, 2.05) is 20.8 Å². The monoisotopic (exact) mass is 240 g/mol. The van der Waals surface area contributed by atoms with E-state index >= 15 is 0 Å². The summed E-state index contributed by atoms with van der Waals surface area (Å²) in [6.07, 6.45) is 1.49. The normalized spacial score (nSPS) is 22.6. The van der Waals surface area contributed by atoms with Crippen LogP contribution in [0, 0.1) is 5.92 Å². The van der Waals surface area contributed by atoms with Gasteiger partial charge in [-0.3, -0.25) is 14.5 Å². The van der Waals surface area contributed by atoms with Gasteiger partial charge in [0.15, 0.2) is 0 Å². The highest BCUT2D eigenvalue weighted by Crippen LogP contribution is 2.12. The zero-order valence-electron chi connectivity index (χ0n) is 11.4. The van der Waals surface area contributed by atoms with Crippen LogP contribution in [0.5, 0.6) is 0 Å². The standard InChI is InChI=1S/C13H24N2O2/c1-5-13(3,4)14-12(17)9-15-7-6-11(16)10(2)8-15/h10H,5-9H2,1-4H3,(H,14,17). The third-order valence-corrected chi connectivity index (χ3v) is 3.49. The van der Waals surface area contributed by atoms with E-state index in [-0.39, 0.29) is 17.4 Å². The lowest BCUT2D eigenvalue weighted by molar-refractivity contribution is -0.129. The first-order valence-corrected chi connectivity index (χ1v) is 6.40. The number of carbonyl (C=O) groups is 2. The van der Waals surface area contributed by atoms with Gasteiger partial charge in [0.25, 0.3) is 0 Å². The van der Waals surface area contributed by atoms with Gasteiger partial charge in [-0.15, -0.1) is 0 Å². The summed E-state index contributed by atoms with van der Waals surface area (Å²) in [5, 5.41) is 3.01. The van der Waals surface area contributed by atoms with Crippen molar-refractivity contribution in [3.8, 4) is 0 Å². The van der Waals surface area contributed by atoms with Gasteiger partial charge in [-0.1, -0.05) is 13.8 Å². The number of amides is 1. The van der Waals surface area contributed by atoms with Crippen molar-refractivity contribution >= 4 is 11.7 Å². The lowest BCUT2D eigenvalue weighted by Crippen LogP contribution is -2.50. The molecule has 0 aromatic carbocycles. The molecular weight excluding hydrogens is 216 g/mol. The van der Waals surface area contributed by atoms with Gasteiger partial charge in [0.1, 0.15) is 5.78 Å². The molecule has 0 bridgehead atoms. The van der Waals surface area contributed by atoms with Crippen LogP contribution in [0.4, 0.5) is 0 Å². The second-order valence-electron chi connectivity index (χ2n) is 5.64. The molecule has 0 radical (unpaired) electrons. The second kappa shape index (κ2) is 5.63. The topological polar surface area (TPSA) is 49.4 Å². The SMILES string of the molecule is CCC(C)(C)NC(=O)CN1CCC(=O)C(C)C1. The maximum Gasteiger partial charge on any atom is 0.234 e. The van der Waals surface area contributed by atoms with Crippen molar-refractivity contribution in [2.45, 2.75) is 46.1 Å². The van der Waals surface area contributed by atoms with Crippen LogP contribution in [0.15, 0.2) is 0 Å². The van der Waals surface area contributed by atoms with Crippen molar-refractivity contribution in [2.75, 3.05) is 19.6 Å². The van der Waals surface area contributed by atoms with Gasteiger partial charge in [-0.2, -0.15) is 0 Å². The van der Waals surface area contributed by atoms with Crippen LogP contribution in [-0.2, 0) is 9.59 Å². The fraction of sp³-hybridized carbons (Fsp3) is 0.846. The maximum absolute atomic E-state index is 11.8. The number of hydrogen-bond acceptors (Lipinski definition) is 3. The Kier molecular flexibility index (Phi) is 4.69. The highest BCUT2D eigenvalue weighted by atomic mass is 16.2. The number of nitrogens with zero attached hydrogens (tertiary/aromatic N) is 1. The largest absolute Gasteiger partial charge is 0.350 e. The van der Waals surface area contributed by atoms with Gasteiger partial charge in [0.2, 0.25) is 5.91 Å². The molecule has 0 aliphatic carbocycles. The lowest BCUT2D eigenvalue weighted by atomic mass is 9.98. The molecule has 0 aromatic rings. The Balaban J connectivity index is 2.39. The van der Waals surface area contributed by atoms with Crippen molar-refractivity contribution in [2.24, 2.45) is 5.92 Å². The Bertz CT molecular complexity index is 300. The van der Waals surface area contributed by atoms with Crippen LogP contribution in [0.25, 0.3) is 0 Å². The molecule has 4 nitrogen and oxygen atoms in total. The van der Waals surface area contributed by atoms with E-state index in [0.29, 0.717) is 31.8 Å². The van der Waals surface area contributed by atoms with Crippen molar-refractivity contribution in [3.05, 3.63) is 0 Å². The minimum atomic E-state index is -0.145. The van der Waals surface area contributed by atoms with Crippen LogP contribution < -0.4 is 5.32 Å². The first-order valence-electron chi connectivity index (χ1n) is 6.40. The summed E-state index contributed by atoms with van der Waals surface area (Å²) >= 11 is 0. The third kappa shape index (κ3) is 4.46. The molecule has 1 rings (SSSR count). The van der Waals surface area contributed by atoms with E-state index in [4.69, 9.17) is 0 Å². The van der Waals surface area contributed by atoms with E-state index in [1.165, 1.54) is 0 Å². The average molecular weight is 240 g/mol. The smallest absolute Gasteiger partial charge is 0.234 e. The van der Waals surface area contributed by atoms with Crippen LogP contribution in [0.2, 0.25) is 0 Å². The van der Waals surface area contributed by atoms with Gasteiger partial charge in [-0.05, 0) is 20.3 Å². The molecule has 1 fully saturated rings. The molecule has 1 saturated heterocycles. The molecule has 0 aromatic heterocycles. The maximum atomic E-state index is 11.8. The second-order valence-corrected chi connectivity index (χ2v) is 5.64. The number of Topliss-reactive ketones (excluding diaryl/α,β-unsaturated/α-hetero) is 1. The van der Waals surface area contributed by atoms with E-state index in [2.05, 4.69) is 17.1 Å². The minimum Gasteiger partial charge on any atom is -0.350 e. The van der Waals surface area contributed by atoms with Crippen molar-refractivity contribution < 1.29 is 9.59 Å². The van der Waals surface area contributed by atoms with E-state index in [0.717, 1.165) is 6.42 Å². The summed E-state index contributed by atoms with van der Waals surface area (Å²) in [5.74, 6) is 0.435.